The van der Waals surface area contributed by atoms with Gasteiger partial charge < -0.3 is 9.84 Å². The van der Waals surface area contributed by atoms with E-state index in [4.69, 9.17) is 4.74 Å². The number of rotatable bonds is 5. The Labute approximate surface area is 144 Å². The summed E-state index contributed by atoms with van der Waals surface area (Å²) in [6, 6.07) is 11.9. The first kappa shape index (κ1) is 16.7. The third-order valence-corrected chi connectivity index (χ3v) is 3.77. The van der Waals surface area contributed by atoms with Crippen molar-refractivity contribution in [1.29, 1.82) is 0 Å². The lowest BCUT2D eigenvalue weighted by atomic mass is 10.1. The second-order valence-corrected chi connectivity index (χ2v) is 5.49. The number of aliphatic hydroxyl groups is 1. The Morgan fingerprint density at radius 3 is 2.36 bits per heavy atom. The van der Waals surface area contributed by atoms with Gasteiger partial charge in [-0.3, -0.25) is 9.59 Å². The maximum atomic E-state index is 14.0. The number of hydrogen-bond acceptors (Lipinski definition) is 4. The molecule has 1 N–H and O–H groups in total. The van der Waals surface area contributed by atoms with E-state index in [1.54, 1.807) is 24.3 Å². The molecule has 0 spiro atoms. The zero-order chi connectivity index (χ0) is 18.0. The number of benzene rings is 2. The molecule has 0 atom stereocenters. The normalized spacial score (nSPS) is 14.4. The van der Waals surface area contributed by atoms with Crippen LogP contribution in [0, 0.1) is 5.82 Å². The SMILES string of the molecule is CCCOc1ccc(C2=C(O)C(=O)N(c3ccccc3F)C2=O)cc1. The molecule has 1 aliphatic heterocycles. The molecule has 6 heteroatoms. The van der Waals surface area contributed by atoms with Gasteiger partial charge in [0.1, 0.15) is 11.6 Å². The zero-order valence-corrected chi connectivity index (χ0v) is 13.5. The largest absolute Gasteiger partial charge is 0.502 e. The van der Waals surface area contributed by atoms with Crippen LogP contribution in [0.3, 0.4) is 0 Å². The van der Waals surface area contributed by atoms with Gasteiger partial charge in [-0.05, 0) is 36.2 Å². The molecule has 0 saturated heterocycles. The van der Waals surface area contributed by atoms with Crippen LogP contribution in [-0.4, -0.2) is 23.5 Å². The molecule has 0 saturated carbocycles. The number of anilines is 1. The number of imide groups is 1. The minimum absolute atomic E-state index is 0.157. The molecule has 2 aromatic rings. The summed E-state index contributed by atoms with van der Waals surface area (Å²) >= 11 is 0. The van der Waals surface area contributed by atoms with Crippen LogP contribution < -0.4 is 9.64 Å². The molecule has 0 radical (unpaired) electrons. The van der Waals surface area contributed by atoms with Crippen LogP contribution in [0.25, 0.3) is 5.57 Å². The number of carbonyl (C=O) groups is 2. The number of para-hydroxylation sites is 1. The number of halogens is 1. The van der Waals surface area contributed by atoms with E-state index >= 15 is 0 Å². The molecule has 25 heavy (non-hydrogen) atoms. The minimum Gasteiger partial charge on any atom is -0.502 e. The van der Waals surface area contributed by atoms with Gasteiger partial charge in [0.25, 0.3) is 5.91 Å². The Bertz CT molecular complexity index is 858. The van der Waals surface area contributed by atoms with Crippen molar-refractivity contribution < 1.29 is 23.8 Å². The number of ether oxygens (including phenoxy) is 1. The van der Waals surface area contributed by atoms with Crippen molar-refractivity contribution in [1.82, 2.24) is 0 Å². The molecule has 5 nitrogen and oxygen atoms in total. The molecular weight excluding hydrogens is 325 g/mol. The van der Waals surface area contributed by atoms with Crippen LogP contribution in [0.1, 0.15) is 18.9 Å². The first-order valence-electron chi connectivity index (χ1n) is 7.84. The van der Waals surface area contributed by atoms with E-state index in [2.05, 4.69) is 0 Å². The van der Waals surface area contributed by atoms with Crippen LogP contribution >= 0.6 is 0 Å². The molecule has 0 bridgehead atoms. The second kappa shape index (κ2) is 6.76. The molecule has 0 aliphatic carbocycles. The number of nitrogens with zero attached hydrogens (tertiary/aromatic N) is 1. The van der Waals surface area contributed by atoms with Gasteiger partial charge >= 0.3 is 5.91 Å². The molecular formula is C19H16FNO4. The van der Waals surface area contributed by atoms with Gasteiger partial charge in [0.2, 0.25) is 0 Å². The molecule has 1 heterocycles. The highest BCUT2D eigenvalue weighted by molar-refractivity contribution is 6.44. The van der Waals surface area contributed by atoms with E-state index in [1.807, 2.05) is 6.92 Å². The summed E-state index contributed by atoms with van der Waals surface area (Å²) in [5.74, 6) is -2.52. The van der Waals surface area contributed by atoms with Crippen molar-refractivity contribution in [3.05, 3.63) is 65.7 Å². The quantitative estimate of drug-likeness (QED) is 0.846. The summed E-state index contributed by atoms with van der Waals surface area (Å²) in [5.41, 5.74) is 0.00998. The summed E-state index contributed by atoms with van der Waals surface area (Å²) in [5, 5.41) is 10.1. The molecule has 3 rings (SSSR count). The second-order valence-electron chi connectivity index (χ2n) is 5.49. The summed E-state index contributed by atoms with van der Waals surface area (Å²) < 4.78 is 19.4. The van der Waals surface area contributed by atoms with Gasteiger partial charge in [-0.15, -0.1) is 0 Å². The monoisotopic (exact) mass is 341 g/mol. The van der Waals surface area contributed by atoms with Crippen molar-refractivity contribution in [2.45, 2.75) is 13.3 Å². The van der Waals surface area contributed by atoms with Gasteiger partial charge in [-0.25, -0.2) is 9.29 Å². The number of aliphatic hydroxyl groups excluding tert-OH is 1. The summed E-state index contributed by atoms with van der Waals surface area (Å²) in [6.07, 6.45) is 0.859. The Hall–Kier alpha value is -3.15. The first-order valence-corrected chi connectivity index (χ1v) is 7.84. The molecule has 0 unspecified atom stereocenters. The Kier molecular flexibility index (Phi) is 4.52. The first-order chi connectivity index (χ1) is 12.0. The Morgan fingerprint density at radius 2 is 1.72 bits per heavy atom. The smallest absolute Gasteiger partial charge is 0.301 e. The lowest BCUT2D eigenvalue weighted by Gasteiger charge is -2.15. The van der Waals surface area contributed by atoms with Gasteiger partial charge in [-0.1, -0.05) is 31.2 Å². The van der Waals surface area contributed by atoms with Crippen molar-refractivity contribution in [3.63, 3.8) is 0 Å². The lowest BCUT2D eigenvalue weighted by molar-refractivity contribution is -0.121. The average Bonchev–Trinajstić information content (AvgIpc) is 2.84. The average molecular weight is 341 g/mol. The fourth-order valence-corrected chi connectivity index (χ4v) is 2.57. The molecule has 0 aromatic heterocycles. The standard InChI is InChI=1S/C19H16FNO4/c1-2-11-25-13-9-7-12(8-10-13)16-17(22)19(24)21(18(16)23)15-6-4-3-5-14(15)20/h3-10,22H,2,11H2,1H3. The van der Waals surface area contributed by atoms with E-state index in [-0.39, 0.29) is 11.3 Å². The maximum absolute atomic E-state index is 14.0. The van der Waals surface area contributed by atoms with Crippen LogP contribution in [0.4, 0.5) is 10.1 Å². The predicted octanol–water partition coefficient (Wildman–Crippen LogP) is 3.46. The van der Waals surface area contributed by atoms with Crippen molar-refractivity contribution >= 4 is 23.1 Å². The van der Waals surface area contributed by atoms with Gasteiger partial charge in [-0.2, -0.15) is 0 Å². The van der Waals surface area contributed by atoms with Crippen LogP contribution in [0.15, 0.2) is 54.3 Å². The molecule has 0 fully saturated rings. The Balaban J connectivity index is 1.93. The van der Waals surface area contributed by atoms with E-state index in [9.17, 15) is 19.1 Å². The predicted molar refractivity (Wildman–Crippen MR) is 90.7 cm³/mol. The van der Waals surface area contributed by atoms with Crippen LogP contribution in [0.2, 0.25) is 0 Å². The fraction of sp³-hybridized carbons (Fsp3) is 0.158. The van der Waals surface area contributed by atoms with Crippen molar-refractivity contribution in [3.8, 4) is 5.75 Å². The number of hydrogen-bond donors (Lipinski definition) is 1. The summed E-state index contributed by atoms with van der Waals surface area (Å²) in [6.45, 7) is 2.54. The highest BCUT2D eigenvalue weighted by atomic mass is 19.1. The molecule has 2 aromatic carbocycles. The topological polar surface area (TPSA) is 66.8 Å². The molecule has 128 valence electrons. The van der Waals surface area contributed by atoms with E-state index in [1.165, 1.54) is 18.2 Å². The third kappa shape index (κ3) is 2.98. The highest BCUT2D eigenvalue weighted by Gasteiger charge is 2.41. The number of carbonyl (C=O) groups excluding carboxylic acids is 2. The third-order valence-electron chi connectivity index (χ3n) is 3.77. The maximum Gasteiger partial charge on any atom is 0.301 e. The van der Waals surface area contributed by atoms with Crippen molar-refractivity contribution in [2.75, 3.05) is 11.5 Å². The summed E-state index contributed by atoms with van der Waals surface area (Å²) in [4.78, 5) is 25.5. The van der Waals surface area contributed by atoms with E-state index in [0.717, 1.165) is 12.5 Å². The van der Waals surface area contributed by atoms with Crippen LogP contribution in [0.5, 0.6) is 5.75 Å². The van der Waals surface area contributed by atoms with Gasteiger partial charge in [0, 0.05) is 0 Å². The fourth-order valence-electron chi connectivity index (χ4n) is 2.57. The lowest BCUT2D eigenvalue weighted by Crippen LogP contribution is -2.32. The van der Waals surface area contributed by atoms with E-state index < -0.39 is 23.4 Å². The van der Waals surface area contributed by atoms with Gasteiger partial charge in [0.15, 0.2) is 5.76 Å². The zero-order valence-electron chi connectivity index (χ0n) is 13.5. The summed E-state index contributed by atoms with van der Waals surface area (Å²) in [7, 11) is 0. The molecule has 2 amide bonds. The highest BCUT2D eigenvalue weighted by Crippen LogP contribution is 2.33. The molecule has 1 aliphatic rings. The van der Waals surface area contributed by atoms with Gasteiger partial charge in [0.05, 0.1) is 17.9 Å². The Morgan fingerprint density at radius 1 is 1.04 bits per heavy atom. The van der Waals surface area contributed by atoms with Crippen molar-refractivity contribution in [2.24, 2.45) is 0 Å². The number of amides is 2. The van der Waals surface area contributed by atoms with Crippen LogP contribution in [-0.2, 0) is 9.59 Å². The minimum atomic E-state index is -0.948. The van der Waals surface area contributed by atoms with E-state index in [0.29, 0.717) is 22.8 Å².